The first-order valence-corrected chi connectivity index (χ1v) is 7.83. The van der Waals surface area contributed by atoms with Gasteiger partial charge in [-0.25, -0.2) is 4.79 Å². The zero-order valence-electron chi connectivity index (χ0n) is 13.6. The summed E-state index contributed by atoms with van der Waals surface area (Å²) in [5.74, 6) is 0.209. The van der Waals surface area contributed by atoms with Gasteiger partial charge in [0.05, 0.1) is 12.2 Å². The van der Waals surface area contributed by atoms with Gasteiger partial charge in [0.2, 0.25) is 5.95 Å². The second-order valence-corrected chi connectivity index (χ2v) is 5.59. The number of nitrogens with zero attached hydrogens (tertiary/aromatic N) is 4. The molecule has 2 N–H and O–H groups in total. The maximum atomic E-state index is 12.6. The fraction of sp³-hybridized carbons (Fsp3) is 0.375. The zero-order valence-corrected chi connectivity index (χ0v) is 13.6. The van der Waals surface area contributed by atoms with Crippen molar-refractivity contribution < 1.29 is 14.6 Å². The number of anilines is 1. The Labute approximate surface area is 139 Å². The number of carbonyl (C=O) groups is 1. The number of nitrogens with one attached hydrogen (secondary N) is 1. The van der Waals surface area contributed by atoms with Crippen molar-refractivity contribution in [3.05, 3.63) is 41.1 Å². The molecule has 1 aliphatic heterocycles. The van der Waals surface area contributed by atoms with Gasteiger partial charge in [0, 0.05) is 5.70 Å². The van der Waals surface area contributed by atoms with E-state index in [1.54, 1.807) is 31.2 Å². The Kier molecular flexibility index (Phi) is 4.45. The first kappa shape index (κ1) is 16.0. The van der Waals surface area contributed by atoms with E-state index >= 15 is 0 Å². The standard InChI is InChI=1S/C16H19N5O3/c1-3-4-9-24-15(23)13-10(2)17-16-18-19-20-21(16)14(13)11-5-7-12(22)8-6-11/h5-8,14,22H,3-4,9H2,1-2H3,(H,17,18,20). The maximum absolute atomic E-state index is 12.6. The van der Waals surface area contributed by atoms with Crippen LogP contribution in [0.1, 0.15) is 38.3 Å². The van der Waals surface area contributed by atoms with Gasteiger partial charge in [0.15, 0.2) is 0 Å². The smallest absolute Gasteiger partial charge is 0.338 e. The number of unbranched alkanes of at least 4 members (excludes halogenated alkanes) is 1. The summed E-state index contributed by atoms with van der Waals surface area (Å²) in [5, 5.41) is 24.1. The van der Waals surface area contributed by atoms with E-state index in [0.717, 1.165) is 18.4 Å². The number of hydrogen-bond donors (Lipinski definition) is 2. The molecule has 0 amide bonds. The molecule has 3 rings (SSSR count). The molecule has 1 unspecified atom stereocenters. The Bertz CT molecular complexity index is 766. The van der Waals surface area contributed by atoms with Gasteiger partial charge >= 0.3 is 5.97 Å². The number of rotatable bonds is 5. The normalized spacial score (nSPS) is 16.5. The number of hydrogen-bond acceptors (Lipinski definition) is 7. The highest BCUT2D eigenvalue weighted by Gasteiger charge is 2.34. The number of benzene rings is 1. The van der Waals surface area contributed by atoms with Gasteiger partial charge in [0.1, 0.15) is 11.8 Å². The molecule has 8 nitrogen and oxygen atoms in total. The van der Waals surface area contributed by atoms with Crippen LogP contribution in [-0.2, 0) is 9.53 Å². The van der Waals surface area contributed by atoms with Crippen LogP contribution >= 0.6 is 0 Å². The average molecular weight is 329 g/mol. The third-order valence-corrected chi connectivity index (χ3v) is 3.87. The quantitative estimate of drug-likeness (QED) is 0.639. The van der Waals surface area contributed by atoms with E-state index in [1.165, 1.54) is 4.68 Å². The second kappa shape index (κ2) is 6.69. The number of aromatic nitrogens is 4. The van der Waals surface area contributed by atoms with Crippen LogP contribution in [-0.4, -0.2) is 37.9 Å². The van der Waals surface area contributed by atoms with Crippen LogP contribution < -0.4 is 5.32 Å². The fourth-order valence-corrected chi connectivity index (χ4v) is 2.63. The van der Waals surface area contributed by atoms with Crippen LogP contribution in [0.4, 0.5) is 5.95 Å². The number of phenolic OH excluding ortho intramolecular Hbond substituents is 1. The van der Waals surface area contributed by atoms with Gasteiger partial charge in [-0.15, -0.1) is 0 Å². The van der Waals surface area contributed by atoms with Crippen molar-refractivity contribution in [1.29, 1.82) is 0 Å². The second-order valence-electron chi connectivity index (χ2n) is 5.59. The number of esters is 1. The van der Waals surface area contributed by atoms with Gasteiger partial charge < -0.3 is 15.2 Å². The number of tetrazole rings is 1. The number of aromatic hydroxyl groups is 1. The number of phenols is 1. The molecular weight excluding hydrogens is 310 g/mol. The monoisotopic (exact) mass is 329 g/mol. The summed E-state index contributed by atoms with van der Waals surface area (Å²) >= 11 is 0. The van der Waals surface area contributed by atoms with E-state index in [9.17, 15) is 9.90 Å². The molecule has 0 radical (unpaired) electrons. The SMILES string of the molecule is CCCCOC(=O)C1=C(C)Nc2nnnn2C1c1ccc(O)cc1. The number of fused-ring (bicyclic) bond motifs is 1. The molecule has 24 heavy (non-hydrogen) atoms. The zero-order chi connectivity index (χ0) is 17.1. The van der Waals surface area contributed by atoms with E-state index in [0.29, 0.717) is 23.8 Å². The van der Waals surface area contributed by atoms with Gasteiger partial charge in [-0.3, -0.25) is 0 Å². The summed E-state index contributed by atoms with van der Waals surface area (Å²) < 4.78 is 6.93. The Balaban J connectivity index is 2.00. The van der Waals surface area contributed by atoms with Gasteiger partial charge in [-0.2, -0.15) is 4.68 Å². The van der Waals surface area contributed by atoms with E-state index in [-0.39, 0.29) is 5.75 Å². The van der Waals surface area contributed by atoms with Crippen molar-refractivity contribution in [3.63, 3.8) is 0 Å². The molecule has 0 spiro atoms. The van der Waals surface area contributed by atoms with E-state index < -0.39 is 12.0 Å². The fourth-order valence-electron chi connectivity index (χ4n) is 2.63. The van der Waals surface area contributed by atoms with Crippen molar-refractivity contribution >= 4 is 11.9 Å². The molecule has 1 atom stereocenters. The van der Waals surface area contributed by atoms with Gasteiger partial charge in [-0.1, -0.05) is 30.6 Å². The topological polar surface area (TPSA) is 102 Å². The van der Waals surface area contributed by atoms with Crippen LogP contribution in [0.3, 0.4) is 0 Å². The first-order chi connectivity index (χ1) is 11.6. The minimum Gasteiger partial charge on any atom is -0.508 e. The minimum atomic E-state index is -0.508. The molecule has 0 aliphatic carbocycles. The van der Waals surface area contributed by atoms with Crippen molar-refractivity contribution in [3.8, 4) is 5.75 Å². The summed E-state index contributed by atoms with van der Waals surface area (Å²) in [4.78, 5) is 12.6. The van der Waals surface area contributed by atoms with Gasteiger partial charge in [0.25, 0.3) is 0 Å². The molecule has 1 aromatic heterocycles. The largest absolute Gasteiger partial charge is 0.508 e. The van der Waals surface area contributed by atoms with Crippen molar-refractivity contribution in [2.24, 2.45) is 0 Å². The molecule has 2 aromatic rings. The third-order valence-electron chi connectivity index (χ3n) is 3.87. The average Bonchev–Trinajstić information content (AvgIpc) is 3.02. The maximum Gasteiger partial charge on any atom is 0.338 e. The third kappa shape index (κ3) is 2.94. The highest BCUT2D eigenvalue weighted by molar-refractivity contribution is 5.92. The highest BCUT2D eigenvalue weighted by Crippen LogP contribution is 2.35. The van der Waals surface area contributed by atoms with E-state index in [2.05, 4.69) is 20.8 Å². The predicted molar refractivity (Wildman–Crippen MR) is 86.3 cm³/mol. The molecule has 0 fully saturated rings. The summed E-state index contributed by atoms with van der Waals surface area (Å²) in [6.07, 6.45) is 1.76. The lowest BCUT2D eigenvalue weighted by Gasteiger charge is -2.27. The van der Waals surface area contributed by atoms with Crippen molar-refractivity contribution in [1.82, 2.24) is 20.2 Å². The molecule has 1 aromatic carbocycles. The van der Waals surface area contributed by atoms with Crippen LogP contribution in [0.25, 0.3) is 0 Å². The van der Waals surface area contributed by atoms with Crippen LogP contribution in [0.15, 0.2) is 35.5 Å². The highest BCUT2D eigenvalue weighted by atomic mass is 16.5. The Morgan fingerprint density at radius 3 is 2.83 bits per heavy atom. The molecule has 1 aliphatic rings. The van der Waals surface area contributed by atoms with E-state index in [4.69, 9.17) is 4.74 Å². The Morgan fingerprint density at radius 2 is 2.12 bits per heavy atom. The molecule has 0 bridgehead atoms. The summed E-state index contributed by atoms with van der Waals surface area (Å²) in [6.45, 7) is 4.20. The first-order valence-electron chi connectivity index (χ1n) is 7.83. The molecule has 2 heterocycles. The van der Waals surface area contributed by atoms with Crippen LogP contribution in [0.5, 0.6) is 5.75 Å². The van der Waals surface area contributed by atoms with Gasteiger partial charge in [-0.05, 0) is 41.5 Å². The van der Waals surface area contributed by atoms with Crippen LogP contribution in [0, 0.1) is 0 Å². The lowest BCUT2D eigenvalue weighted by atomic mass is 9.96. The van der Waals surface area contributed by atoms with Crippen molar-refractivity contribution in [2.45, 2.75) is 32.7 Å². The molecule has 126 valence electrons. The summed E-state index contributed by atoms with van der Waals surface area (Å²) in [6, 6.07) is 6.10. The lowest BCUT2D eigenvalue weighted by Crippen LogP contribution is -2.29. The minimum absolute atomic E-state index is 0.150. The molecular formula is C16H19N5O3. The lowest BCUT2D eigenvalue weighted by molar-refractivity contribution is -0.139. The number of allylic oxidation sites excluding steroid dienone is 1. The Hall–Kier alpha value is -2.90. The van der Waals surface area contributed by atoms with Crippen molar-refractivity contribution in [2.75, 3.05) is 11.9 Å². The molecule has 8 heteroatoms. The molecule has 0 saturated carbocycles. The van der Waals surface area contributed by atoms with E-state index in [1.807, 2.05) is 6.92 Å². The number of ether oxygens (including phenoxy) is 1. The predicted octanol–water partition coefficient (Wildman–Crippen LogP) is 2.01. The molecule has 0 saturated heterocycles. The summed E-state index contributed by atoms with van der Waals surface area (Å²) in [5.41, 5.74) is 1.89. The Morgan fingerprint density at radius 1 is 1.38 bits per heavy atom. The van der Waals surface area contributed by atoms with Crippen LogP contribution in [0.2, 0.25) is 0 Å². The number of carbonyl (C=O) groups excluding carboxylic acids is 1. The summed E-state index contributed by atoms with van der Waals surface area (Å²) in [7, 11) is 0.